The van der Waals surface area contributed by atoms with E-state index >= 15 is 0 Å². The number of benzene rings is 1. The summed E-state index contributed by atoms with van der Waals surface area (Å²) in [4.78, 5) is 13.2. The first kappa shape index (κ1) is 18.0. The lowest BCUT2D eigenvalue weighted by Gasteiger charge is -2.11. The maximum atomic E-state index is 12.0. The third kappa shape index (κ3) is 4.81. The SMILES string of the molecule is CC(=O)NCc1ccc(Sc2ccc(S(=O)(=O)N(C)C)cc2)s1. The zero-order valence-corrected chi connectivity index (χ0v) is 15.5. The molecule has 0 aliphatic rings. The second-order valence-electron chi connectivity index (χ2n) is 4.99. The van der Waals surface area contributed by atoms with Crippen LogP contribution < -0.4 is 5.32 Å². The molecule has 0 aliphatic carbocycles. The molecule has 1 aromatic carbocycles. The van der Waals surface area contributed by atoms with Crippen LogP contribution in [-0.4, -0.2) is 32.7 Å². The summed E-state index contributed by atoms with van der Waals surface area (Å²) in [6, 6.07) is 10.8. The predicted octanol–water partition coefficient (Wildman–Crippen LogP) is 2.79. The van der Waals surface area contributed by atoms with E-state index in [-0.39, 0.29) is 10.8 Å². The highest BCUT2D eigenvalue weighted by molar-refractivity contribution is 8.01. The normalized spacial score (nSPS) is 11.7. The predicted molar refractivity (Wildman–Crippen MR) is 93.3 cm³/mol. The van der Waals surface area contributed by atoms with E-state index < -0.39 is 10.0 Å². The lowest BCUT2D eigenvalue weighted by atomic mass is 10.4. The van der Waals surface area contributed by atoms with Gasteiger partial charge in [0.05, 0.1) is 15.6 Å². The number of thiophene rings is 1. The monoisotopic (exact) mass is 370 g/mol. The van der Waals surface area contributed by atoms with Crippen LogP contribution in [0.25, 0.3) is 0 Å². The minimum absolute atomic E-state index is 0.0507. The number of nitrogens with one attached hydrogen (secondary N) is 1. The van der Waals surface area contributed by atoms with Gasteiger partial charge in [0, 0.05) is 30.8 Å². The van der Waals surface area contributed by atoms with Gasteiger partial charge in [-0.25, -0.2) is 12.7 Å². The summed E-state index contributed by atoms with van der Waals surface area (Å²) in [6.45, 7) is 2.02. The highest BCUT2D eigenvalue weighted by atomic mass is 32.2. The van der Waals surface area contributed by atoms with Crippen molar-refractivity contribution >= 4 is 39.0 Å². The molecular weight excluding hydrogens is 352 g/mol. The summed E-state index contributed by atoms with van der Waals surface area (Å²) in [7, 11) is -0.363. The van der Waals surface area contributed by atoms with Gasteiger partial charge in [0.25, 0.3) is 0 Å². The second kappa shape index (κ2) is 7.48. The summed E-state index contributed by atoms with van der Waals surface area (Å²) in [5.74, 6) is -0.0507. The quantitative estimate of drug-likeness (QED) is 0.849. The molecule has 0 saturated heterocycles. The topological polar surface area (TPSA) is 66.5 Å². The molecule has 8 heteroatoms. The van der Waals surface area contributed by atoms with Gasteiger partial charge in [0.2, 0.25) is 15.9 Å². The summed E-state index contributed by atoms with van der Waals surface area (Å²) < 4.78 is 26.3. The van der Waals surface area contributed by atoms with Gasteiger partial charge in [-0.15, -0.1) is 11.3 Å². The highest BCUT2D eigenvalue weighted by Crippen LogP contribution is 2.34. The average molecular weight is 371 g/mol. The van der Waals surface area contributed by atoms with Crippen molar-refractivity contribution < 1.29 is 13.2 Å². The molecule has 1 amide bonds. The lowest BCUT2D eigenvalue weighted by molar-refractivity contribution is -0.119. The van der Waals surface area contributed by atoms with Gasteiger partial charge in [-0.05, 0) is 36.4 Å². The number of carbonyl (C=O) groups is 1. The Morgan fingerprint density at radius 3 is 2.39 bits per heavy atom. The molecular formula is C15H18N2O3S3. The molecule has 5 nitrogen and oxygen atoms in total. The second-order valence-corrected chi connectivity index (χ2v) is 9.69. The fraction of sp³-hybridized carbons (Fsp3) is 0.267. The van der Waals surface area contributed by atoms with Crippen LogP contribution >= 0.6 is 23.1 Å². The molecule has 124 valence electrons. The van der Waals surface area contributed by atoms with Crippen LogP contribution in [0.15, 0.2) is 50.4 Å². The molecule has 0 aliphatic heterocycles. The Morgan fingerprint density at radius 2 is 1.83 bits per heavy atom. The Labute approximate surface area is 144 Å². The molecule has 1 aromatic heterocycles. The van der Waals surface area contributed by atoms with Gasteiger partial charge in [-0.1, -0.05) is 11.8 Å². The smallest absolute Gasteiger partial charge is 0.242 e. The molecule has 0 saturated carbocycles. The molecule has 0 spiro atoms. The van der Waals surface area contributed by atoms with Crippen LogP contribution in [0.3, 0.4) is 0 Å². The first-order chi connectivity index (χ1) is 10.8. The molecule has 1 heterocycles. The third-order valence-electron chi connectivity index (χ3n) is 2.97. The minimum atomic E-state index is -3.39. The average Bonchev–Trinajstić information content (AvgIpc) is 2.93. The fourth-order valence-electron chi connectivity index (χ4n) is 1.73. The molecule has 1 N–H and O–H groups in total. The maximum Gasteiger partial charge on any atom is 0.242 e. The Morgan fingerprint density at radius 1 is 1.17 bits per heavy atom. The van der Waals surface area contributed by atoms with E-state index in [0.29, 0.717) is 6.54 Å². The Balaban J connectivity index is 2.05. The number of carbonyl (C=O) groups excluding carboxylic acids is 1. The molecule has 23 heavy (non-hydrogen) atoms. The Hall–Kier alpha value is -1.35. The summed E-state index contributed by atoms with van der Waals surface area (Å²) in [5.41, 5.74) is 0. The number of sulfonamides is 1. The van der Waals surface area contributed by atoms with Crippen LogP contribution in [0.5, 0.6) is 0 Å². The molecule has 2 aromatic rings. The van der Waals surface area contributed by atoms with Gasteiger partial charge >= 0.3 is 0 Å². The van der Waals surface area contributed by atoms with Crippen LogP contribution in [0.1, 0.15) is 11.8 Å². The molecule has 0 bridgehead atoms. The van der Waals surface area contributed by atoms with E-state index in [9.17, 15) is 13.2 Å². The van der Waals surface area contributed by atoms with E-state index in [1.54, 1.807) is 47.4 Å². The maximum absolute atomic E-state index is 12.0. The molecule has 2 rings (SSSR count). The van der Waals surface area contributed by atoms with Crippen LogP contribution in [0, 0.1) is 0 Å². The minimum Gasteiger partial charge on any atom is -0.351 e. The Kier molecular flexibility index (Phi) is 5.85. The van der Waals surface area contributed by atoms with E-state index in [4.69, 9.17) is 0 Å². The number of hydrogen-bond acceptors (Lipinski definition) is 5. The number of nitrogens with zero attached hydrogens (tertiary/aromatic N) is 1. The van der Waals surface area contributed by atoms with Gasteiger partial charge in [0.15, 0.2) is 0 Å². The van der Waals surface area contributed by atoms with Crippen molar-refractivity contribution in [3.63, 3.8) is 0 Å². The molecule has 0 atom stereocenters. The molecule has 0 fully saturated rings. The largest absolute Gasteiger partial charge is 0.351 e. The van der Waals surface area contributed by atoms with E-state index in [1.807, 2.05) is 12.1 Å². The zero-order valence-electron chi connectivity index (χ0n) is 13.1. The van der Waals surface area contributed by atoms with Crippen molar-refractivity contribution in [1.29, 1.82) is 0 Å². The van der Waals surface area contributed by atoms with Crippen molar-refractivity contribution in [3.8, 4) is 0 Å². The lowest BCUT2D eigenvalue weighted by Crippen LogP contribution is -2.22. The summed E-state index contributed by atoms with van der Waals surface area (Å²) >= 11 is 3.17. The van der Waals surface area contributed by atoms with Gasteiger partial charge in [0.1, 0.15) is 0 Å². The van der Waals surface area contributed by atoms with Crippen molar-refractivity contribution in [2.24, 2.45) is 0 Å². The summed E-state index contributed by atoms with van der Waals surface area (Å²) in [6.07, 6.45) is 0. The first-order valence-electron chi connectivity index (χ1n) is 6.82. The molecule has 0 radical (unpaired) electrons. The van der Waals surface area contributed by atoms with Gasteiger partial charge < -0.3 is 5.32 Å². The van der Waals surface area contributed by atoms with Crippen molar-refractivity contribution in [2.75, 3.05) is 14.1 Å². The van der Waals surface area contributed by atoms with Crippen LogP contribution in [-0.2, 0) is 21.4 Å². The van der Waals surface area contributed by atoms with E-state index in [2.05, 4.69) is 5.32 Å². The van der Waals surface area contributed by atoms with Crippen LogP contribution in [0.4, 0.5) is 0 Å². The highest BCUT2D eigenvalue weighted by Gasteiger charge is 2.16. The zero-order chi connectivity index (χ0) is 17.0. The van der Waals surface area contributed by atoms with E-state index in [0.717, 1.165) is 14.0 Å². The third-order valence-corrected chi connectivity index (χ3v) is 7.02. The number of rotatable bonds is 6. The number of hydrogen-bond donors (Lipinski definition) is 1. The van der Waals surface area contributed by atoms with Gasteiger partial charge in [-0.3, -0.25) is 4.79 Å². The Bertz CT molecular complexity index is 781. The summed E-state index contributed by atoms with van der Waals surface area (Å²) in [5, 5.41) is 2.76. The van der Waals surface area contributed by atoms with Crippen molar-refractivity contribution in [2.45, 2.75) is 27.5 Å². The van der Waals surface area contributed by atoms with Crippen LogP contribution in [0.2, 0.25) is 0 Å². The first-order valence-corrected chi connectivity index (χ1v) is 9.90. The fourth-order valence-corrected chi connectivity index (χ4v) is 4.72. The van der Waals surface area contributed by atoms with E-state index in [1.165, 1.54) is 25.3 Å². The van der Waals surface area contributed by atoms with Crippen molar-refractivity contribution in [1.82, 2.24) is 9.62 Å². The standard InChI is InChI=1S/C15H18N2O3S3/c1-11(18)16-10-13-6-9-15(22-13)21-12-4-7-14(8-5-12)23(19,20)17(2)3/h4-9H,10H2,1-3H3,(H,16,18). The molecule has 0 unspecified atom stereocenters. The van der Waals surface area contributed by atoms with Gasteiger partial charge in [-0.2, -0.15) is 0 Å². The number of amides is 1. The van der Waals surface area contributed by atoms with Crippen molar-refractivity contribution in [3.05, 3.63) is 41.3 Å².